The zero-order chi connectivity index (χ0) is 11.0. The average Bonchev–Trinajstić information content (AvgIpc) is 2.17. The van der Waals surface area contributed by atoms with Gasteiger partial charge in [0.2, 0.25) is 0 Å². The van der Waals surface area contributed by atoms with Crippen molar-refractivity contribution in [2.45, 2.75) is 0 Å². The fourth-order valence-corrected chi connectivity index (χ4v) is 2.02. The molecule has 15 heavy (non-hydrogen) atoms. The molecule has 74 valence electrons. The predicted octanol–water partition coefficient (Wildman–Crippen LogP) is 3.46. The molecule has 0 aliphatic heterocycles. The molecule has 0 N–H and O–H groups in total. The molecule has 6 heteroatoms. The highest BCUT2D eigenvalue weighted by atomic mass is 35.5. The number of fused-ring (bicyclic) bond motifs is 1. The van der Waals surface area contributed by atoms with Gasteiger partial charge in [-0.05, 0) is 0 Å². The lowest BCUT2D eigenvalue weighted by Gasteiger charge is -2.03. The number of hydrogen-bond donors (Lipinski definition) is 0. The number of halogens is 3. The fourth-order valence-electron chi connectivity index (χ4n) is 1.18. The minimum Gasteiger partial charge on any atom is -0.255 e. The highest BCUT2D eigenvalue weighted by molar-refractivity contribution is 6.42. The minimum atomic E-state index is 0.145. The third-order valence-corrected chi connectivity index (χ3v) is 2.69. The number of rotatable bonds is 0. The van der Waals surface area contributed by atoms with E-state index < -0.39 is 0 Å². The number of pyridine rings is 2. The molecular weight excluding hydrogens is 256 g/mol. The molecule has 0 bridgehead atoms. The smallest absolute Gasteiger partial charge is 0.141 e. The molecule has 0 aromatic carbocycles. The van der Waals surface area contributed by atoms with E-state index in [1.165, 1.54) is 12.3 Å². The zero-order valence-corrected chi connectivity index (χ0v) is 9.40. The van der Waals surface area contributed by atoms with Crippen LogP contribution in [0.4, 0.5) is 0 Å². The molecule has 2 aromatic rings. The van der Waals surface area contributed by atoms with Crippen LogP contribution < -0.4 is 0 Å². The Kier molecular flexibility index (Phi) is 2.66. The standard InChI is InChI=1S/C9H2Cl3N3/c10-6-1-5-7(9(12)15-6)8(11)4(2-13)3-14-5/h1,3H. The van der Waals surface area contributed by atoms with Crippen LogP contribution in [0.3, 0.4) is 0 Å². The highest BCUT2D eigenvalue weighted by Crippen LogP contribution is 2.31. The lowest BCUT2D eigenvalue weighted by atomic mass is 10.2. The van der Waals surface area contributed by atoms with E-state index in [1.54, 1.807) is 0 Å². The quantitative estimate of drug-likeness (QED) is 0.680. The van der Waals surface area contributed by atoms with E-state index >= 15 is 0 Å². The van der Waals surface area contributed by atoms with Gasteiger partial charge in [-0.3, -0.25) is 4.98 Å². The first-order chi connectivity index (χ1) is 7.13. The van der Waals surface area contributed by atoms with Gasteiger partial charge < -0.3 is 0 Å². The molecule has 0 aliphatic carbocycles. The summed E-state index contributed by atoms with van der Waals surface area (Å²) >= 11 is 17.5. The Morgan fingerprint density at radius 2 is 2.00 bits per heavy atom. The molecule has 0 spiro atoms. The summed E-state index contributed by atoms with van der Waals surface area (Å²) in [6, 6.07) is 3.45. The van der Waals surface area contributed by atoms with Gasteiger partial charge in [0, 0.05) is 12.3 Å². The summed E-state index contributed by atoms with van der Waals surface area (Å²) in [6.07, 6.45) is 1.37. The second-order valence-electron chi connectivity index (χ2n) is 2.73. The molecule has 0 amide bonds. The Morgan fingerprint density at radius 3 is 2.67 bits per heavy atom. The summed E-state index contributed by atoms with van der Waals surface area (Å²) in [5.74, 6) is 0. The van der Waals surface area contributed by atoms with E-state index in [0.29, 0.717) is 10.9 Å². The van der Waals surface area contributed by atoms with Crippen LogP contribution in [0.2, 0.25) is 15.3 Å². The maximum Gasteiger partial charge on any atom is 0.141 e. The van der Waals surface area contributed by atoms with Gasteiger partial charge in [0.25, 0.3) is 0 Å². The van der Waals surface area contributed by atoms with Crippen molar-refractivity contribution in [1.29, 1.82) is 5.26 Å². The second-order valence-corrected chi connectivity index (χ2v) is 3.85. The maximum atomic E-state index is 8.76. The summed E-state index contributed by atoms with van der Waals surface area (Å²) in [6.45, 7) is 0. The van der Waals surface area contributed by atoms with E-state index in [-0.39, 0.29) is 20.9 Å². The van der Waals surface area contributed by atoms with Crippen molar-refractivity contribution in [3.8, 4) is 6.07 Å². The number of hydrogen-bond acceptors (Lipinski definition) is 3. The molecule has 2 heterocycles. The fraction of sp³-hybridized carbons (Fsp3) is 0. The molecule has 0 atom stereocenters. The highest BCUT2D eigenvalue weighted by Gasteiger charge is 2.11. The first kappa shape index (κ1) is 10.4. The van der Waals surface area contributed by atoms with Crippen LogP contribution in [0.25, 0.3) is 10.9 Å². The van der Waals surface area contributed by atoms with Gasteiger partial charge in [-0.1, -0.05) is 34.8 Å². The van der Waals surface area contributed by atoms with Gasteiger partial charge in [0.15, 0.2) is 0 Å². The molecule has 0 saturated heterocycles. The number of aromatic nitrogens is 2. The SMILES string of the molecule is N#Cc1cnc2cc(Cl)nc(Cl)c2c1Cl. The van der Waals surface area contributed by atoms with Crippen LogP contribution >= 0.6 is 34.8 Å². The Balaban J connectivity index is 2.94. The molecule has 2 aromatic heterocycles. The Bertz CT molecular complexity index is 589. The molecule has 0 unspecified atom stereocenters. The summed E-state index contributed by atoms with van der Waals surface area (Å²) in [4.78, 5) is 7.85. The van der Waals surface area contributed by atoms with Crippen molar-refractivity contribution in [3.05, 3.63) is 33.2 Å². The molecule has 2 rings (SSSR count). The lowest BCUT2D eigenvalue weighted by molar-refractivity contribution is 1.31. The first-order valence-corrected chi connectivity index (χ1v) is 4.97. The summed E-state index contributed by atoms with van der Waals surface area (Å²) in [7, 11) is 0. The topological polar surface area (TPSA) is 49.6 Å². The third-order valence-electron chi connectivity index (χ3n) is 1.83. The van der Waals surface area contributed by atoms with Crippen LogP contribution in [0.5, 0.6) is 0 Å². The lowest BCUT2D eigenvalue weighted by Crippen LogP contribution is -1.88. The van der Waals surface area contributed by atoms with Gasteiger partial charge in [-0.25, -0.2) is 4.98 Å². The number of nitrogens with zero attached hydrogens (tertiary/aromatic N) is 3. The van der Waals surface area contributed by atoms with Crippen molar-refractivity contribution in [1.82, 2.24) is 9.97 Å². The van der Waals surface area contributed by atoms with Crippen molar-refractivity contribution >= 4 is 45.7 Å². The summed E-state index contributed by atoms with van der Waals surface area (Å²) in [5, 5.41) is 9.83. The van der Waals surface area contributed by atoms with Crippen LogP contribution in [0.15, 0.2) is 12.3 Å². The van der Waals surface area contributed by atoms with Crippen LogP contribution in [-0.4, -0.2) is 9.97 Å². The molecule has 0 radical (unpaired) electrons. The molecule has 0 aliphatic rings. The molecule has 0 saturated carbocycles. The van der Waals surface area contributed by atoms with Gasteiger partial charge in [-0.15, -0.1) is 0 Å². The van der Waals surface area contributed by atoms with Crippen molar-refractivity contribution in [2.75, 3.05) is 0 Å². The Morgan fingerprint density at radius 1 is 1.27 bits per heavy atom. The predicted molar refractivity (Wildman–Crippen MR) is 59.3 cm³/mol. The van der Waals surface area contributed by atoms with Crippen molar-refractivity contribution < 1.29 is 0 Å². The molecular formula is C9H2Cl3N3. The first-order valence-electron chi connectivity index (χ1n) is 3.84. The van der Waals surface area contributed by atoms with Crippen LogP contribution in [0.1, 0.15) is 5.56 Å². The van der Waals surface area contributed by atoms with Crippen LogP contribution in [-0.2, 0) is 0 Å². The zero-order valence-electron chi connectivity index (χ0n) is 7.13. The van der Waals surface area contributed by atoms with Crippen molar-refractivity contribution in [3.63, 3.8) is 0 Å². The Labute approximate surface area is 100 Å². The van der Waals surface area contributed by atoms with E-state index in [2.05, 4.69) is 9.97 Å². The van der Waals surface area contributed by atoms with Gasteiger partial charge in [0.05, 0.1) is 21.5 Å². The van der Waals surface area contributed by atoms with Gasteiger partial charge in [-0.2, -0.15) is 5.26 Å². The maximum absolute atomic E-state index is 8.76. The molecule has 3 nitrogen and oxygen atoms in total. The Hall–Kier alpha value is -1.08. The average molecular weight is 258 g/mol. The van der Waals surface area contributed by atoms with E-state index in [0.717, 1.165) is 0 Å². The van der Waals surface area contributed by atoms with Gasteiger partial charge in [0.1, 0.15) is 16.4 Å². The summed E-state index contributed by atoms with van der Waals surface area (Å²) in [5.41, 5.74) is 0.777. The normalized spacial score (nSPS) is 10.3. The third kappa shape index (κ3) is 1.72. The molecule has 0 fully saturated rings. The van der Waals surface area contributed by atoms with E-state index in [4.69, 9.17) is 40.1 Å². The van der Waals surface area contributed by atoms with Crippen LogP contribution in [0, 0.1) is 11.3 Å². The van der Waals surface area contributed by atoms with Crippen molar-refractivity contribution in [2.24, 2.45) is 0 Å². The van der Waals surface area contributed by atoms with Gasteiger partial charge >= 0.3 is 0 Å². The van der Waals surface area contributed by atoms with E-state index in [9.17, 15) is 0 Å². The minimum absolute atomic E-state index is 0.145. The van der Waals surface area contributed by atoms with E-state index in [1.807, 2.05) is 6.07 Å². The monoisotopic (exact) mass is 257 g/mol. The second kappa shape index (κ2) is 3.82. The number of nitriles is 1. The largest absolute Gasteiger partial charge is 0.255 e. The summed E-state index contributed by atoms with van der Waals surface area (Å²) < 4.78 is 0.